The van der Waals surface area contributed by atoms with Crippen LogP contribution in [0.5, 0.6) is 0 Å². The summed E-state index contributed by atoms with van der Waals surface area (Å²) in [6.07, 6.45) is 21.7. The molecule has 2 heteroatoms. The van der Waals surface area contributed by atoms with Crippen molar-refractivity contribution in [3.63, 3.8) is 0 Å². The summed E-state index contributed by atoms with van der Waals surface area (Å²) in [5.74, 6) is 1.21. The van der Waals surface area contributed by atoms with Gasteiger partial charge < -0.3 is 9.47 Å². The molecule has 0 saturated carbocycles. The molecule has 0 saturated heterocycles. The maximum atomic E-state index is 2.64. The number of benzene rings is 5. The van der Waals surface area contributed by atoms with Gasteiger partial charge in [0.2, 0.25) is 0 Å². The average molecular weight is 699 g/mol. The Morgan fingerprint density at radius 1 is 0.667 bits per heavy atom. The highest BCUT2D eigenvalue weighted by Gasteiger charge is 2.43. The average Bonchev–Trinajstić information content (AvgIpc) is 3.67. The van der Waals surface area contributed by atoms with Crippen molar-refractivity contribution < 1.29 is 0 Å². The van der Waals surface area contributed by atoms with Gasteiger partial charge in [0.1, 0.15) is 0 Å². The standard InChI is InChI=1S/C52H46N2/c1-35-32-41(27-29-43(35)37-14-6-4-7-15-37)53(42-28-30-45-44-18-10-12-20-48(44)52(2,3)49(45)34-42)40-25-22-36(23-26-40)38-24-31-51-47(33-38)46-19-11-13-21-50(46)54(51)39-16-8-5-9-17-39/h4-25,27-29,31-35,40,43,45H,26,30H2,1-3H3. The largest absolute Gasteiger partial charge is 0.335 e. The maximum Gasteiger partial charge on any atom is 0.0560 e. The SMILES string of the molecule is CC1C=C(N(C2=CCC3C(=C2)C(C)(C)c2ccccc23)C2C=CC(c3ccc4c(c3)c3ccccc3n4-c3ccccc3)=CC2)C=CC1c1ccccc1. The van der Waals surface area contributed by atoms with Gasteiger partial charge in [-0.2, -0.15) is 0 Å². The minimum absolute atomic E-state index is 0.00662. The van der Waals surface area contributed by atoms with Gasteiger partial charge in [-0.1, -0.05) is 160 Å². The van der Waals surface area contributed by atoms with E-state index in [1.54, 1.807) is 5.57 Å². The van der Waals surface area contributed by atoms with Crippen molar-refractivity contribution in [1.82, 2.24) is 9.47 Å². The van der Waals surface area contributed by atoms with Gasteiger partial charge in [-0.3, -0.25) is 0 Å². The number of rotatable bonds is 6. The zero-order valence-corrected chi connectivity index (χ0v) is 31.4. The Hall–Kier alpha value is -5.86. The summed E-state index contributed by atoms with van der Waals surface area (Å²) in [5, 5.41) is 2.58. The van der Waals surface area contributed by atoms with Crippen LogP contribution in [0.3, 0.4) is 0 Å². The number of allylic oxidation sites excluding steroid dienone is 8. The molecule has 4 aliphatic carbocycles. The molecule has 0 spiro atoms. The second-order valence-electron chi connectivity index (χ2n) is 16.1. The van der Waals surface area contributed by atoms with E-state index in [1.165, 1.54) is 66.7 Å². The van der Waals surface area contributed by atoms with Crippen LogP contribution in [0.4, 0.5) is 0 Å². The van der Waals surface area contributed by atoms with E-state index >= 15 is 0 Å². The van der Waals surface area contributed by atoms with Crippen molar-refractivity contribution in [2.45, 2.75) is 56.9 Å². The van der Waals surface area contributed by atoms with Gasteiger partial charge in [0, 0.05) is 45.1 Å². The summed E-state index contributed by atoms with van der Waals surface area (Å²) in [4.78, 5) is 2.64. The van der Waals surface area contributed by atoms with Crippen LogP contribution in [-0.4, -0.2) is 15.5 Å². The van der Waals surface area contributed by atoms with Gasteiger partial charge in [0.15, 0.2) is 0 Å². The highest BCUT2D eigenvalue weighted by atomic mass is 15.2. The molecular weight excluding hydrogens is 653 g/mol. The van der Waals surface area contributed by atoms with Gasteiger partial charge in [-0.05, 0) is 89.1 Å². The summed E-state index contributed by atoms with van der Waals surface area (Å²) < 4.78 is 2.39. The summed E-state index contributed by atoms with van der Waals surface area (Å²) in [7, 11) is 0. The lowest BCUT2D eigenvalue weighted by atomic mass is 9.78. The van der Waals surface area contributed by atoms with E-state index in [2.05, 4.69) is 206 Å². The molecule has 6 aromatic rings. The lowest BCUT2D eigenvalue weighted by Crippen LogP contribution is -2.34. The first-order chi connectivity index (χ1) is 26.5. The highest BCUT2D eigenvalue weighted by molar-refractivity contribution is 6.10. The van der Waals surface area contributed by atoms with Gasteiger partial charge in [-0.15, -0.1) is 0 Å². The number of fused-ring (bicyclic) bond motifs is 6. The molecule has 0 radical (unpaired) electrons. The molecule has 0 bridgehead atoms. The van der Waals surface area contributed by atoms with Crippen LogP contribution >= 0.6 is 0 Å². The van der Waals surface area contributed by atoms with E-state index in [0.29, 0.717) is 17.8 Å². The molecule has 0 fully saturated rings. The molecule has 264 valence electrons. The van der Waals surface area contributed by atoms with E-state index in [9.17, 15) is 0 Å². The molecule has 4 aliphatic rings. The van der Waals surface area contributed by atoms with Crippen molar-refractivity contribution in [1.29, 1.82) is 0 Å². The molecular formula is C52H46N2. The Labute approximate surface area is 319 Å². The Morgan fingerprint density at radius 2 is 1.41 bits per heavy atom. The monoisotopic (exact) mass is 698 g/mol. The Morgan fingerprint density at radius 3 is 2.20 bits per heavy atom. The number of aromatic nitrogens is 1. The fraction of sp³-hybridized carbons (Fsp3) is 0.192. The second kappa shape index (κ2) is 12.9. The minimum Gasteiger partial charge on any atom is -0.335 e. The Bertz CT molecular complexity index is 2610. The summed E-state index contributed by atoms with van der Waals surface area (Å²) in [5.41, 5.74) is 14.8. The molecule has 1 aromatic heterocycles. The molecule has 4 atom stereocenters. The zero-order valence-electron chi connectivity index (χ0n) is 31.4. The van der Waals surface area contributed by atoms with Gasteiger partial charge in [0.05, 0.1) is 17.1 Å². The van der Waals surface area contributed by atoms with Crippen LogP contribution in [0.15, 0.2) is 193 Å². The highest BCUT2D eigenvalue weighted by Crippen LogP contribution is 2.54. The van der Waals surface area contributed by atoms with Crippen molar-refractivity contribution in [2.75, 3.05) is 0 Å². The van der Waals surface area contributed by atoms with E-state index in [-0.39, 0.29) is 11.5 Å². The summed E-state index contributed by atoms with van der Waals surface area (Å²) >= 11 is 0. The number of para-hydroxylation sites is 2. The van der Waals surface area contributed by atoms with Crippen LogP contribution in [0.25, 0.3) is 33.1 Å². The lowest BCUT2D eigenvalue weighted by molar-refractivity contribution is 0.369. The molecule has 1 heterocycles. The minimum atomic E-state index is 0.00662. The van der Waals surface area contributed by atoms with Crippen molar-refractivity contribution in [3.05, 3.63) is 215 Å². The normalized spacial score (nSPS) is 22.6. The molecule has 2 nitrogen and oxygen atoms in total. The van der Waals surface area contributed by atoms with Gasteiger partial charge >= 0.3 is 0 Å². The topological polar surface area (TPSA) is 8.17 Å². The van der Waals surface area contributed by atoms with Crippen molar-refractivity contribution >= 4 is 27.4 Å². The fourth-order valence-electron chi connectivity index (χ4n) is 9.90. The molecule has 0 N–H and O–H groups in total. The first kappa shape index (κ1) is 32.8. The van der Waals surface area contributed by atoms with E-state index in [0.717, 1.165) is 12.8 Å². The molecule has 0 aliphatic heterocycles. The third-order valence-corrected chi connectivity index (χ3v) is 12.6. The second-order valence-corrected chi connectivity index (χ2v) is 16.1. The molecule has 0 amide bonds. The Balaban J connectivity index is 1.00. The smallest absolute Gasteiger partial charge is 0.0560 e. The number of hydrogen-bond acceptors (Lipinski definition) is 1. The molecule has 54 heavy (non-hydrogen) atoms. The predicted molar refractivity (Wildman–Crippen MR) is 227 cm³/mol. The third-order valence-electron chi connectivity index (χ3n) is 12.6. The molecule has 5 aromatic carbocycles. The predicted octanol–water partition coefficient (Wildman–Crippen LogP) is 13.0. The van der Waals surface area contributed by atoms with Crippen LogP contribution < -0.4 is 0 Å². The van der Waals surface area contributed by atoms with E-state index in [1.807, 2.05) is 0 Å². The van der Waals surface area contributed by atoms with Crippen molar-refractivity contribution in [2.24, 2.45) is 5.92 Å². The summed E-state index contributed by atoms with van der Waals surface area (Å²) in [6.45, 7) is 7.21. The first-order valence-corrected chi connectivity index (χ1v) is 19.7. The van der Waals surface area contributed by atoms with E-state index in [4.69, 9.17) is 0 Å². The van der Waals surface area contributed by atoms with Crippen LogP contribution in [-0.2, 0) is 5.41 Å². The quantitative estimate of drug-likeness (QED) is 0.168. The van der Waals surface area contributed by atoms with Crippen molar-refractivity contribution in [3.8, 4) is 5.69 Å². The number of nitrogens with zero attached hydrogens (tertiary/aromatic N) is 2. The lowest BCUT2D eigenvalue weighted by Gasteiger charge is -2.39. The van der Waals surface area contributed by atoms with Crippen LogP contribution in [0, 0.1) is 5.92 Å². The fourth-order valence-corrected chi connectivity index (χ4v) is 9.90. The van der Waals surface area contributed by atoms with Crippen LogP contribution in [0.1, 0.15) is 67.7 Å². The van der Waals surface area contributed by atoms with E-state index < -0.39 is 0 Å². The zero-order chi connectivity index (χ0) is 36.4. The first-order valence-electron chi connectivity index (χ1n) is 19.7. The molecule has 10 rings (SSSR count). The Kier molecular flexibility index (Phi) is 7.84. The van der Waals surface area contributed by atoms with Gasteiger partial charge in [-0.25, -0.2) is 0 Å². The van der Waals surface area contributed by atoms with Crippen LogP contribution in [0.2, 0.25) is 0 Å². The third kappa shape index (κ3) is 5.30. The summed E-state index contributed by atoms with van der Waals surface area (Å²) in [6, 6.07) is 46.8. The van der Waals surface area contributed by atoms with Gasteiger partial charge in [0.25, 0.3) is 0 Å². The molecule has 4 unspecified atom stereocenters. The number of hydrogen-bond donors (Lipinski definition) is 0. The maximum absolute atomic E-state index is 2.64.